The summed E-state index contributed by atoms with van der Waals surface area (Å²) < 4.78 is 6.19. The summed E-state index contributed by atoms with van der Waals surface area (Å²) in [6, 6.07) is 0. The molecule has 2 heteroatoms. The van der Waals surface area contributed by atoms with Crippen molar-refractivity contribution in [3.8, 4) is 0 Å². The lowest BCUT2D eigenvalue weighted by Gasteiger charge is -2.35. The molecule has 0 aromatic carbocycles. The van der Waals surface area contributed by atoms with Crippen LogP contribution in [-0.2, 0) is 9.53 Å². The van der Waals surface area contributed by atoms with Crippen molar-refractivity contribution in [1.82, 2.24) is 0 Å². The van der Waals surface area contributed by atoms with Crippen LogP contribution in [0.4, 0.5) is 0 Å². The molecule has 6 rings (SSSR count). The van der Waals surface area contributed by atoms with E-state index >= 15 is 0 Å². The van der Waals surface area contributed by atoms with E-state index in [1.165, 1.54) is 38.5 Å². The molecule has 0 aromatic rings. The number of carbonyl (C=O) groups is 1. The van der Waals surface area contributed by atoms with Gasteiger partial charge in [0, 0.05) is 0 Å². The maximum Gasteiger partial charge on any atom is 0.310 e. The predicted octanol–water partition coefficient (Wildman–Crippen LogP) is 3.71. The van der Waals surface area contributed by atoms with Crippen LogP contribution in [0, 0.1) is 35.5 Å². The van der Waals surface area contributed by atoms with Crippen LogP contribution in [0.5, 0.6) is 0 Å². The van der Waals surface area contributed by atoms with Gasteiger partial charge in [0.05, 0.1) is 5.92 Å². The minimum atomic E-state index is -0.0467. The Morgan fingerprint density at radius 2 is 1.90 bits per heavy atom. The van der Waals surface area contributed by atoms with Gasteiger partial charge in [-0.2, -0.15) is 0 Å². The lowest BCUT2D eigenvalue weighted by molar-refractivity contribution is -0.168. The largest absolute Gasteiger partial charge is 0.459 e. The molecule has 0 N–H and O–H groups in total. The van der Waals surface area contributed by atoms with E-state index in [0.29, 0.717) is 11.8 Å². The van der Waals surface area contributed by atoms with Crippen LogP contribution < -0.4 is 0 Å². The first-order chi connectivity index (χ1) is 9.74. The van der Waals surface area contributed by atoms with E-state index in [9.17, 15) is 4.79 Å². The highest BCUT2D eigenvalue weighted by Gasteiger charge is 2.63. The second-order valence-corrected chi connectivity index (χ2v) is 8.14. The first-order valence-corrected chi connectivity index (χ1v) is 8.65. The van der Waals surface area contributed by atoms with Crippen molar-refractivity contribution >= 4 is 5.97 Å². The van der Waals surface area contributed by atoms with Gasteiger partial charge in [-0.15, -0.1) is 0 Å². The predicted molar refractivity (Wildman–Crippen MR) is 75.8 cm³/mol. The van der Waals surface area contributed by atoms with Gasteiger partial charge in [-0.1, -0.05) is 18.6 Å². The third-order valence-corrected chi connectivity index (χ3v) is 7.04. The molecule has 20 heavy (non-hydrogen) atoms. The van der Waals surface area contributed by atoms with Gasteiger partial charge in [0.15, 0.2) is 0 Å². The Bertz CT molecular complexity index is 468. The minimum absolute atomic E-state index is 0.0467. The number of carbonyl (C=O) groups excluding carboxylic acids is 1. The number of hydrogen-bond donors (Lipinski definition) is 0. The number of rotatable bonds is 2. The SMILES string of the molecule is O=C(OC12CCCCC3C(C1)C3C2)C1CC2C=CC1C2. The van der Waals surface area contributed by atoms with Crippen molar-refractivity contribution in [2.24, 2.45) is 35.5 Å². The molecule has 6 bridgehead atoms. The molecule has 2 nitrogen and oxygen atoms in total. The number of fused-ring (bicyclic) bond motifs is 5. The zero-order valence-corrected chi connectivity index (χ0v) is 12.1. The second kappa shape index (κ2) is 3.90. The fourth-order valence-corrected chi connectivity index (χ4v) is 6.01. The lowest BCUT2D eigenvalue weighted by atomic mass is 9.84. The van der Waals surface area contributed by atoms with E-state index in [2.05, 4.69) is 12.2 Å². The summed E-state index contributed by atoms with van der Waals surface area (Å²) in [6.07, 6.45) is 14.4. The zero-order chi connectivity index (χ0) is 13.3. The summed E-state index contributed by atoms with van der Waals surface area (Å²) in [5.74, 6) is 4.27. The van der Waals surface area contributed by atoms with Crippen LogP contribution in [-0.4, -0.2) is 11.6 Å². The van der Waals surface area contributed by atoms with Crippen molar-refractivity contribution in [1.29, 1.82) is 0 Å². The van der Waals surface area contributed by atoms with Gasteiger partial charge < -0.3 is 4.74 Å². The van der Waals surface area contributed by atoms with Crippen LogP contribution in [0.15, 0.2) is 12.2 Å². The Balaban J connectivity index is 1.31. The lowest BCUT2D eigenvalue weighted by Crippen LogP contribution is -2.38. The van der Waals surface area contributed by atoms with E-state index in [1.807, 2.05) is 0 Å². The molecule has 5 saturated carbocycles. The van der Waals surface area contributed by atoms with Crippen LogP contribution in [0.2, 0.25) is 0 Å². The Labute approximate surface area is 120 Å². The van der Waals surface area contributed by atoms with E-state index in [1.54, 1.807) is 0 Å². The Hall–Kier alpha value is -0.790. The number of esters is 1. The summed E-state index contributed by atoms with van der Waals surface area (Å²) in [7, 11) is 0. The Kier molecular flexibility index (Phi) is 2.30. The van der Waals surface area contributed by atoms with Crippen LogP contribution in [0.1, 0.15) is 51.4 Å². The van der Waals surface area contributed by atoms with Gasteiger partial charge in [-0.25, -0.2) is 0 Å². The van der Waals surface area contributed by atoms with E-state index in [0.717, 1.165) is 30.6 Å². The molecule has 0 amide bonds. The van der Waals surface area contributed by atoms with E-state index in [-0.39, 0.29) is 17.5 Å². The van der Waals surface area contributed by atoms with Crippen molar-refractivity contribution in [2.45, 2.75) is 57.0 Å². The van der Waals surface area contributed by atoms with E-state index in [4.69, 9.17) is 4.74 Å². The van der Waals surface area contributed by atoms with Gasteiger partial charge in [-0.3, -0.25) is 4.79 Å². The maximum absolute atomic E-state index is 12.6. The number of ether oxygens (including phenoxy) is 1. The number of allylic oxidation sites excluding steroid dienone is 2. The molecule has 5 fully saturated rings. The molecule has 6 aliphatic rings. The van der Waals surface area contributed by atoms with Crippen molar-refractivity contribution in [2.75, 3.05) is 0 Å². The van der Waals surface area contributed by atoms with Crippen LogP contribution in [0.3, 0.4) is 0 Å². The molecular weight excluding hydrogens is 248 g/mol. The monoisotopic (exact) mass is 272 g/mol. The van der Waals surface area contributed by atoms with Gasteiger partial charge in [-0.05, 0) is 74.5 Å². The molecule has 5 unspecified atom stereocenters. The van der Waals surface area contributed by atoms with Crippen molar-refractivity contribution in [3.05, 3.63) is 12.2 Å². The zero-order valence-electron chi connectivity index (χ0n) is 12.1. The summed E-state index contributed by atoms with van der Waals surface area (Å²) in [4.78, 5) is 12.6. The van der Waals surface area contributed by atoms with Crippen molar-refractivity contribution in [3.63, 3.8) is 0 Å². The molecule has 0 aromatic heterocycles. The first kappa shape index (κ1) is 11.8. The summed E-state index contributed by atoms with van der Waals surface area (Å²) in [5, 5.41) is 0. The highest BCUT2D eigenvalue weighted by Crippen LogP contribution is 2.66. The topological polar surface area (TPSA) is 26.3 Å². The third kappa shape index (κ3) is 1.60. The van der Waals surface area contributed by atoms with Gasteiger partial charge in [0.25, 0.3) is 0 Å². The average molecular weight is 272 g/mol. The molecule has 0 saturated heterocycles. The molecule has 0 aliphatic heterocycles. The average Bonchev–Trinajstić information content (AvgIpc) is 2.88. The summed E-state index contributed by atoms with van der Waals surface area (Å²) in [5.41, 5.74) is -0.0467. The maximum atomic E-state index is 12.6. The fraction of sp³-hybridized carbons (Fsp3) is 0.833. The molecule has 0 heterocycles. The normalized spacial score (nSPS) is 54.6. The third-order valence-electron chi connectivity index (χ3n) is 7.04. The molecule has 0 spiro atoms. The molecule has 5 atom stereocenters. The molecular formula is C18H24O2. The molecule has 108 valence electrons. The van der Waals surface area contributed by atoms with E-state index < -0.39 is 0 Å². The Morgan fingerprint density at radius 3 is 2.60 bits per heavy atom. The molecule has 6 aliphatic carbocycles. The van der Waals surface area contributed by atoms with Crippen molar-refractivity contribution < 1.29 is 9.53 Å². The standard InChI is InChI=1S/C18H24O2/c19-17(14-8-11-4-5-12(14)7-11)20-18-6-2-1-3-13-15(9-18)16(13)10-18/h4-5,11-16H,1-3,6-10H2. The first-order valence-electron chi connectivity index (χ1n) is 8.65. The van der Waals surface area contributed by atoms with Crippen LogP contribution in [0.25, 0.3) is 0 Å². The van der Waals surface area contributed by atoms with Gasteiger partial charge >= 0.3 is 5.97 Å². The quantitative estimate of drug-likeness (QED) is 0.566. The second-order valence-electron chi connectivity index (χ2n) is 8.14. The summed E-state index contributed by atoms with van der Waals surface area (Å²) in [6.45, 7) is 0. The highest BCUT2D eigenvalue weighted by molar-refractivity contribution is 5.74. The fourth-order valence-electron chi connectivity index (χ4n) is 6.01. The minimum Gasteiger partial charge on any atom is -0.459 e. The van der Waals surface area contributed by atoms with Crippen LogP contribution >= 0.6 is 0 Å². The highest BCUT2D eigenvalue weighted by atomic mass is 16.6. The smallest absolute Gasteiger partial charge is 0.310 e. The Morgan fingerprint density at radius 1 is 1.05 bits per heavy atom. The summed E-state index contributed by atoms with van der Waals surface area (Å²) >= 11 is 0. The molecule has 0 radical (unpaired) electrons. The van der Waals surface area contributed by atoms with Gasteiger partial charge in [0.2, 0.25) is 0 Å². The van der Waals surface area contributed by atoms with Gasteiger partial charge in [0.1, 0.15) is 5.60 Å². The number of hydrogen-bond acceptors (Lipinski definition) is 2.